The molecule has 20 heavy (non-hydrogen) atoms. The number of rotatable bonds is 6. The monoisotopic (exact) mass is 270 g/mol. The van der Waals surface area contributed by atoms with Gasteiger partial charge in [-0.05, 0) is 37.1 Å². The zero-order valence-corrected chi connectivity index (χ0v) is 11.2. The molecule has 1 aliphatic carbocycles. The standard InChI is InChI=1S/C15H18N4O/c20-15(7-9-16-12-5-6-12)18-13-3-1-4-14(11-13)19-10-2-8-17-19/h1-4,8,10-12,16H,5-7,9H2,(H,18,20). The van der Waals surface area contributed by atoms with E-state index in [2.05, 4.69) is 15.7 Å². The molecule has 1 saturated carbocycles. The van der Waals surface area contributed by atoms with Gasteiger partial charge >= 0.3 is 0 Å². The number of nitrogens with zero attached hydrogens (tertiary/aromatic N) is 2. The maximum atomic E-state index is 11.8. The number of carbonyl (C=O) groups is 1. The van der Waals surface area contributed by atoms with Crippen molar-refractivity contribution in [1.29, 1.82) is 0 Å². The van der Waals surface area contributed by atoms with Crippen molar-refractivity contribution in [2.75, 3.05) is 11.9 Å². The van der Waals surface area contributed by atoms with Gasteiger partial charge in [-0.1, -0.05) is 6.07 Å². The number of anilines is 1. The largest absolute Gasteiger partial charge is 0.326 e. The van der Waals surface area contributed by atoms with E-state index in [1.54, 1.807) is 10.9 Å². The average molecular weight is 270 g/mol. The van der Waals surface area contributed by atoms with Gasteiger partial charge in [0, 0.05) is 37.1 Å². The second-order valence-corrected chi connectivity index (χ2v) is 5.03. The second-order valence-electron chi connectivity index (χ2n) is 5.03. The van der Waals surface area contributed by atoms with Crippen molar-refractivity contribution >= 4 is 11.6 Å². The molecule has 3 rings (SSSR count). The molecule has 2 aromatic rings. The summed E-state index contributed by atoms with van der Waals surface area (Å²) in [5.74, 6) is 0.0377. The summed E-state index contributed by atoms with van der Waals surface area (Å²) in [6, 6.07) is 10.2. The molecule has 0 bridgehead atoms. The van der Waals surface area contributed by atoms with Gasteiger partial charge < -0.3 is 10.6 Å². The molecule has 104 valence electrons. The van der Waals surface area contributed by atoms with Crippen LogP contribution in [0.5, 0.6) is 0 Å². The van der Waals surface area contributed by atoms with Gasteiger partial charge in [0.15, 0.2) is 0 Å². The first kappa shape index (κ1) is 12.9. The van der Waals surface area contributed by atoms with Gasteiger partial charge in [-0.2, -0.15) is 5.10 Å². The molecule has 0 atom stereocenters. The minimum absolute atomic E-state index is 0.0377. The van der Waals surface area contributed by atoms with Crippen LogP contribution in [0.25, 0.3) is 5.69 Å². The fourth-order valence-corrected chi connectivity index (χ4v) is 2.05. The lowest BCUT2D eigenvalue weighted by Gasteiger charge is -2.08. The Morgan fingerprint density at radius 1 is 1.35 bits per heavy atom. The summed E-state index contributed by atoms with van der Waals surface area (Å²) in [5, 5.41) is 10.4. The Labute approximate surface area is 118 Å². The van der Waals surface area contributed by atoms with Crippen molar-refractivity contribution in [1.82, 2.24) is 15.1 Å². The summed E-state index contributed by atoms with van der Waals surface area (Å²) in [6.45, 7) is 0.745. The molecule has 5 heteroatoms. The van der Waals surface area contributed by atoms with E-state index in [1.165, 1.54) is 12.8 Å². The van der Waals surface area contributed by atoms with E-state index >= 15 is 0 Å². The molecule has 0 saturated heterocycles. The van der Waals surface area contributed by atoms with E-state index in [9.17, 15) is 4.79 Å². The van der Waals surface area contributed by atoms with Crippen LogP contribution in [-0.4, -0.2) is 28.3 Å². The van der Waals surface area contributed by atoms with Crippen LogP contribution in [0.3, 0.4) is 0 Å². The molecule has 0 unspecified atom stereocenters. The van der Waals surface area contributed by atoms with Crippen molar-refractivity contribution in [3.63, 3.8) is 0 Å². The maximum Gasteiger partial charge on any atom is 0.225 e. The van der Waals surface area contributed by atoms with Crippen LogP contribution >= 0.6 is 0 Å². The number of carbonyl (C=O) groups excluding carboxylic acids is 1. The van der Waals surface area contributed by atoms with Gasteiger partial charge in [-0.3, -0.25) is 4.79 Å². The van der Waals surface area contributed by atoms with Gasteiger partial charge in [0.1, 0.15) is 0 Å². The normalized spacial score (nSPS) is 14.2. The van der Waals surface area contributed by atoms with E-state index in [0.29, 0.717) is 12.5 Å². The summed E-state index contributed by atoms with van der Waals surface area (Å²) in [7, 11) is 0. The molecule has 1 amide bonds. The highest BCUT2D eigenvalue weighted by Gasteiger charge is 2.20. The number of nitrogens with one attached hydrogen (secondary N) is 2. The Balaban J connectivity index is 1.56. The van der Waals surface area contributed by atoms with Crippen LogP contribution in [0.15, 0.2) is 42.7 Å². The average Bonchev–Trinajstić information content (AvgIpc) is 3.10. The first-order chi connectivity index (χ1) is 9.81. The molecule has 1 aliphatic rings. The Bertz CT molecular complexity index is 575. The number of aromatic nitrogens is 2. The van der Waals surface area contributed by atoms with E-state index in [-0.39, 0.29) is 5.91 Å². The van der Waals surface area contributed by atoms with Crippen LogP contribution in [0.4, 0.5) is 5.69 Å². The molecule has 0 aliphatic heterocycles. The third-order valence-electron chi connectivity index (χ3n) is 3.26. The topological polar surface area (TPSA) is 59.0 Å². The second kappa shape index (κ2) is 5.88. The first-order valence-corrected chi connectivity index (χ1v) is 6.94. The number of hydrogen-bond acceptors (Lipinski definition) is 3. The molecule has 1 aromatic heterocycles. The highest BCUT2D eigenvalue weighted by Crippen LogP contribution is 2.18. The van der Waals surface area contributed by atoms with Crippen molar-refractivity contribution in [3.05, 3.63) is 42.7 Å². The van der Waals surface area contributed by atoms with Crippen LogP contribution in [0, 0.1) is 0 Å². The van der Waals surface area contributed by atoms with Gasteiger partial charge in [-0.25, -0.2) is 4.68 Å². The summed E-state index contributed by atoms with van der Waals surface area (Å²) in [4.78, 5) is 11.8. The highest BCUT2D eigenvalue weighted by atomic mass is 16.1. The lowest BCUT2D eigenvalue weighted by molar-refractivity contribution is -0.116. The number of benzene rings is 1. The summed E-state index contributed by atoms with van der Waals surface area (Å²) in [5.41, 5.74) is 1.73. The predicted molar refractivity (Wildman–Crippen MR) is 77.8 cm³/mol. The van der Waals surface area contributed by atoms with E-state index in [0.717, 1.165) is 17.9 Å². The van der Waals surface area contributed by atoms with Crippen LogP contribution in [0.1, 0.15) is 19.3 Å². The SMILES string of the molecule is O=C(CCNC1CC1)Nc1cccc(-n2cccn2)c1. The number of amides is 1. The van der Waals surface area contributed by atoms with Gasteiger partial charge in [0.05, 0.1) is 5.69 Å². The van der Waals surface area contributed by atoms with E-state index in [4.69, 9.17) is 0 Å². The van der Waals surface area contributed by atoms with Crippen molar-refractivity contribution in [2.24, 2.45) is 0 Å². The maximum absolute atomic E-state index is 11.8. The minimum atomic E-state index is 0.0377. The minimum Gasteiger partial charge on any atom is -0.326 e. The Hall–Kier alpha value is -2.14. The lowest BCUT2D eigenvalue weighted by Crippen LogP contribution is -2.23. The van der Waals surface area contributed by atoms with Crippen LogP contribution < -0.4 is 10.6 Å². The number of hydrogen-bond donors (Lipinski definition) is 2. The van der Waals surface area contributed by atoms with Crippen molar-refractivity contribution < 1.29 is 4.79 Å². The smallest absolute Gasteiger partial charge is 0.225 e. The van der Waals surface area contributed by atoms with E-state index < -0.39 is 0 Å². The molecule has 1 heterocycles. The zero-order chi connectivity index (χ0) is 13.8. The Morgan fingerprint density at radius 2 is 2.25 bits per heavy atom. The summed E-state index contributed by atoms with van der Waals surface area (Å²) < 4.78 is 1.77. The highest BCUT2D eigenvalue weighted by molar-refractivity contribution is 5.91. The molecule has 0 radical (unpaired) electrons. The fourth-order valence-electron chi connectivity index (χ4n) is 2.05. The van der Waals surface area contributed by atoms with Crippen molar-refractivity contribution in [3.8, 4) is 5.69 Å². The zero-order valence-electron chi connectivity index (χ0n) is 11.2. The lowest BCUT2D eigenvalue weighted by atomic mass is 10.2. The van der Waals surface area contributed by atoms with Crippen molar-refractivity contribution in [2.45, 2.75) is 25.3 Å². The first-order valence-electron chi connectivity index (χ1n) is 6.94. The quantitative estimate of drug-likeness (QED) is 0.843. The molecule has 1 aromatic carbocycles. The third-order valence-corrected chi connectivity index (χ3v) is 3.26. The van der Waals surface area contributed by atoms with E-state index in [1.807, 2.05) is 36.5 Å². The van der Waals surface area contributed by atoms with Crippen LogP contribution in [0.2, 0.25) is 0 Å². The molecular formula is C15H18N4O. The van der Waals surface area contributed by atoms with Crippen LogP contribution in [-0.2, 0) is 4.79 Å². The fraction of sp³-hybridized carbons (Fsp3) is 0.333. The molecule has 0 spiro atoms. The van der Waals surface area contributed by atoms with Gasteiger partial charge in [0.2, 0.25) is 5.91 Å². The molecule has 5 nitrogen and oxygen atoms in total. The summed E-state index contributed by atoms with van der Waals surface area (Å²) in [6.07, 6.45) is 6.60. The van der Waals surface area contributed by atoms with Gasteiger partial charge in [-0.15, -0.1) is 0 Å². The Morgan fingerprint density at radius 3 is 3.00 bits per heavy atom. The Kier molecular flexibility index (Phi) is 3.78. The van der Waals surface area contributed by atoms with Gasteiger partial charge in [0.25, 0.3) is 0 Å². The molecule has 1 fully saturated rings. The molecule has 2 N–H and O–H groups in total. The molecular weight excluding hydrogens is 252 g/mol. The predicted octanol–water partition coefficient (Wildman–Crippen LogP) is 1.95. The summed E-state index contributed by atoms with van der Waals surface area (Å²) >= 11 is 0. The third kappa shape index (κ3) is 3.45.